The molecule has 0 radical (unpaired) electrons. The third-order valence-corrected chi connectivity index (χ3v) is 4.66. The van der Waals surface area contributed by atoms with Crippen LogP contribution in [0.3, 0.4) is 0 Å². The van der Waals surface area contributed by atoms with E-state index in [9.17, 15) is 9.59 Å². The zero-order valence-electron chi connectivity index (χ0n) is 15.9. The van der Waals surface area contributed by atoms with Crippen LogP contribution in [0.25, 0.3) is 16.9 Å². The predicted molar refractivity (Wildman–Crippen MR) is 113 cm³/mol. The zero-order valence-corrected chi connectivity index (χ0v) is 17.5. The molecule has 0 unspecified atom stereocenters. The Kier molecular flexibility index (Phi) is 5.57. The van der Waals surface area contributed by atoms with Gasteiger partial charge in [-0.25, -0.2) is 14.3 Å². The van der Waals surface area contributed by atoms with Crippen LogP contribution < -0.4 is 5.32 Å². The average Bonchev–Trinajstić information content (AvgIpc) is 3.34. The normalized spacial score (nSPS) is 10.9. The van der Waals surface area contributed by atoms with E-state index in [0.29, 0.717) is 16.9 Å². The van der Waals surface area contributed by atoms with Crippen LogP contribution in [0.1, 0.15) is 17.3 Å². The van der Waals surface area contributed by atoms with E-state index in [2.05, 4.69) is 36.4 Å². The number of benzene rings is 1. The van der Waals surface area contributed by atoms with Gasteiger partial charge in [0, 0.05) is 23.6 Å². The molecule has 1 aromatic carbocycles. The summed E-state index contributed by atoms with van der Waals surface area (Å²) in [6.07, 6.45) is 6.40. The van der Waals surface area contributed by atoms with Crippen LogP contribution in [0.4, 0.5) is 5.69 Å². The second-order valence-electron chi connectivity index (χ2n) is 6.33. The van der Waals surface area contributed by atoms with Crippen molar-refractivity contribution < 1.29 is 14.3 Å². The maximum absolute atomic E-state index is 12.3. The summed E-state index contributed by atoms with van der Waals surface area (Å²) >= 11 is 3.31. The van der Waals surface area contributed by atoms with E-state index in [1.807, 2.05) is 18.2 Å². The topological polar surface area (TPSA) is 103 Å². The van der Waals surface area contributed by atoms with E-state index in [0.717, 1.165) is 15.7 Å². The molecule has 3 aromatic heterocycles. The molecular weight excluding hydrogens is 452 g/mol. The van der Waals surface area contributed by atoms with Crippen molar-refractivity contribution in [1.29, 1.82) is 0 Å². The molecule has 0 saturated carbocycles. The molecule has 0 atom stereocenters. The largest absolute Gasteiger partial charge is 0.462 e. The number of carbonyl (C=O) groups excluding carboxylic acids is 2. The first-order valence-electron chi connectivity index (χ1n) is 9.13. The van der Waals surface area contributed by atoms with Crippen molar-refractivity contribution in [2.75, 3.05) is 11.9 Å². The number of fused-ring (bicyclic) bond motifs is 1. The summed E-state index contributed by atoms with van der Waals surface area (Å²) in [4.78, 5) is 28.7. The summed E-state index contributed by atoms with van der Waals surface area (Å²) in [6, 6.07) is 9.14. The van der Waals surface area contributed by atoms with Crippen LogP contribution in [0, 0.1) is 0 Å². The van der Waals surface area contributed by atoms with Gasteiger partial charge in [-0.2, -0.15) is 10.2 Å². The number of rotatable bonds is 6. The number of amides is 1. The SMILES string of the molecule is CCOC(=O)c1cnn2c(-c3cccc(NC(=O)Cn4cc(Br)cn4)c3)ccnc12. The van der Waals surface area contributed by atoms with Gasteiger partial charge in [-0.1, -0.05) is 12.1 Å². The Morgan fingerprint density at radius 1 is 1.20 bits per heavy atom. The number of esters is 1. The number of hydrogen-bond donors (Lipinski definition) is 1. The lowest BCUT2D eigenvalue weighted by Crippen LogP contribution is -2.19. The Morgan fingerprint density at radius 3 is 2.83 bits per heavy atom. The minimum Gasteiger partial charge on any atom is -0.462 e. The third kappa shape index (κ3) is 4.08. The third-order valence-electron chi connectivity index (χ3n) is 4.25. The van der Waals surface area contributed by atoms with Crippen LogP contribution in [-0.2, 0) is 16.1 Å². The lowest BCUT2D eigenvalue weighted by atomic mass is 10.1. The molecule has 0 fully saturated rings. The van der Waals surface area contributed by atoms with Crippen LogP contribution in [-0.4, -0.2) is 42.9 Å². The van der Waals surface area contributed by atoms with Gasteiger partial charge < -0.3 is 10.1 Å². The van der Waals surface area contributed by atoms with Gasteiger partial charge in [0.15, 0.2) is 5.65 Å². The number of halogens is 1. The molecule has 3 heterocycles. The number of anilines is 1. The molecule has 30 heavy (non-hydrogen) atoms. The van der Waals surface area contributed by atoms with E-state index < -0.39 is 5.97 Å². The van der Waals surface area contributed by atoms with E-state index in [1.165, 1.54) is 10.9 Å². The molecular formula is C20H17BrN6O3. The summed E-state index contributed by atoms with van der Waals surface area (Å²) in [5.74, 6) is -0.672. The molecule has 1 N–H and O–H groups in total. The highest BCUT2D eigenvalue weighted by Crippen LogP contribution is 2.24. The van der Waals surface area contributed by atoms with Gasteiger partial charge in [0.2, 0.25) is 5.91 Å². The Labute approximate surface area is 179 Å². The Balaban J connectivity index is 1.60. The van der Waals surface area contributed by atoms with E-state index in [-0.39, 0.29) is 19.1 Å². The summed E-state index contributed by atoms with van der Waals surface area (Å²) in [5.41, 5.74) is 2.87. The van der Waals surface area contributed by atoms with Crippen molar-refractivity contribution in [3.05, 3.63) is 65.2 Å². The molecule has 152 valence electrons. The van der Waals surface area contributed by atoms with Gasteiger partial charge in [0.1, 0.15) is 12.1 Å². The summed E-state index contributed by atoms with van der Waals surface area (Å²) < 4.78 is 8.99. The summed E-state index contributed by atoms with van der Waals surface area (Å²) in [5, 5.41) is 11.2. The molecule has 0 bridgehead atoms. The Bertz CT molecular complexity index is 1230. The van der Waals surface area contributed by atoms with Crippen molar-refractivity contribution in [3.8, 4) is 11.3 Å². The summed E-state index contributed by atoms with van der Waals surface area (Å²) in [7, 11) is 0. The molecule has 0 aliphatic heterocycles. The van der Waals surface area contributed by atoms with Crippen molar-refractivity contribution in [2.24, 2.45) is 0 Å². The highest BCUT2D eigenvalue weighted by Gasteiger charge is 2.17. The molecule has 0 spiro atoms. The number of hydrogen-bond acceptors (Lipinski definition) is 6. The van der Waals surface area contributed by atoms with Crippen molar-refractivity contribution in [3.63, 3.8) is 0 Å². The number of aromatic nitrogens is 5. The Hall–Kier alpha value is -3.53. The predicted octanol–water partition coefficient (Wildman–Crippen LogP) is 3.17. The lowest BCUT2D eigenvalue weighted by molar-refractivity contribution is -0.116. The number of carbonyl (C=O) groups is 2. The average molecular weight is 469 g/mol. The first kappa shape index (κ1) is 19.8. The highest BCUT2D eigenvalue weighted by molar-refractivity contribution is 9.10. The van der Waals surface area contributed by atoms with Crippen LogP contribution >= 0.6 is 15.9 Å². The second-order valence-corrected chi connectivity index (χ2v) is 7.24. The molecule has 0 aliphatic carbocycles. The smallest absolute Gasteiger partial charge is 0.343 e. The number of ether oxygens (including phenoxy) is 1. The van der Waals surface area contributed by atoms with Gasteiger partial charge in [-0.3, -0.25) is 9.48 Å². The van der Waals surface area contributed by atoms with E-state index in [1.54, 1.807) is 42.2 Å². The van der Waals surface area contributed by atoms with E-state index in [4.69, 9.17) is 4.74 Å². The highest BCUT2D eigenvalue weighted by atomic mass is 79.9. The molecule has 9 nitrogen and oxygen atoms in total. The fourth-order valence-electron chi connectivity index (χ4n) is 2.99. The van der Waals surface area contributed by atoms with E-state index >= 15 is 0 Å². The van der Waals surface area contributed by atoms with Gasteiger partial charge in [-0.15, -0.1) is 0 Å². The maximum Gasteiger partial charge on any atom is 0.343 e. The molecule has 4 rings (SSSR count). The van der Waals surface area contributed by atoms with Gasteiger partial charge in [0.25, 0.3) is 0 Å². The first-order valence-corrected chi connectivity index (χ1v) is 9.92. The molecule has 10 heteroatoms. The second kappa shape index (κ2) is 8.46. The summed E-state index contributed by atoms with van der Waals surface area (Å²) in [6.45, 7) is 2.11. The number of nitrogens with one attached hydrogen (secondary N) is 1. The standard InChI is InChI=1S/C20H17BrN6O3/c1-2-30-20(29)16-10-24-27-17(6-7-22-19(16)27)13-4-3-5-15(8-13)25-18(28)12-26-11-14(21)9-23-26/h3-11H,2,12H2,1H3,(H,25,28). The van der Waals surface area contributed by atoms with Gasteiger partial charge in [0.05, 0.1) is 29.2 Å². The number of nitrogens with zero attached hydrogens (tertiary/aromatic N) is 5. The molecule has 0 aliphatic rings. The van der Waals surface area contributed by atoms with Crippen molar-refractivity contribution in [2.45, 2.75) is 13.5 Å². The zero-order chi connectivity index (χ0) is 21.1. The molecule has 4 aromatic rings. The quantitative estimate of drug-likeness (QED) is 0.435. The van der Waals surface area contributed by atoms with Gasteiger partial charge in [-0.05, 0) is 41.1 Å². The van der Waals surface area contributed by atoms with Crippen LogP contribution in [0.2, 0.25) is 0 Å². The van der Waals surface area contributed by atoms with Crippen LogP contribution in [0.5, 0.6) is 0 Å². The minimum atomic E-state index is -0.469. The van der Waals surface area contributed by atoms with Crippen molar-refractivity contribution >= 4 is 39.1 Å². The molecule has 1 amide bonds. The van der Waals surface area contributed by atoms with Crippen molar-refractivity contribution in [1.82, 2.24) is 24.4 Å². The fourth-order valence-corrected chi connectivity index (χ4v) is 3.32. The molecule has 0 saturated heterocycles. The Morgan fingerprint density at radius 2 is 2.07 bits per heavy atom. The first-order chi connectivity index (χ1) is 14.5. The fraction of sp³-hybridized carbons (Fsp3) is 0.150. The maximum atomic E-state index is 12.3. The van der Waals surface area contributed by atoms with Gasteiger partial charge >= 0.3 is 5.97 Å². The van der Waals surface area contributed by atoms with Crippen LogP contribution in [0.15, 0.2) is 59.6 Å². The minimum absolute atomic E-state index is 0.0946. The lowest BCUT2D eigenvalue weighted by Gasteiger charge is -2.09. The monoisotopic (exact) mass is 468 g/mol.